The largest absolute Gasteiger partial charge is 0.497 e. The number of pyridine rings is 1. The Balaban J connectivity index is 2.20. The Kier molecular flexibility index (Phi) is 5.13. The highest BCUT2D eigenvalue weighted by Gasteiger charge is 2.12. The van der Waals surface area contributed by atoms with Gasteiger partial charge >= 0.3 is 0 Å². The van der Waals surface area contributed by atoms with Crippen LogP contribution < -0.4 is 10.1 Å². The molecule has 0 spiro atoms. The minimum absolute atomic E-state index is 0.300. The van der Waals surface area contributed by atoms with Gasteiger partial charge in [-0.15, -0.1) is 0 Å². The van der Waals surface area contributed by atoms with Crippen molar-refractivity contribution < 1.29 is 4.74 Å². The minimum atomic E-state index is 0.300. The molecular weight excluding hydrogens is 248 g/mol. The Hall–Kier alpha value is -1.87. The molecule has 0 saturated heterocycles. The lowest BCUT2D eigenvalue weighted by molar-refractivity contribution is 0.414. The molecule has 1 aromatic carbocycles. The fraction of sp³-hybridized carbons (Fsp3) is 0.353. The maximum Gasteiger partial charge on any atom is 0.119 e. The molecule has 0 aliphatic carbocycles. The summed E-state index contributed by atoms with van der Waals surface area (Å²) in [6.07, 6.45) is 2.81. The van der Waals surface area contributed by atoms with Crippen molar-refractivity contribution in [3.05, 3.63) is 59.4 Å². The van der Waals surface area contributed by atoms with E-state index in [0.29, 0.717) is 6.04 Å². The van der Waals surface area contributed by atoms with Crippen molar-refractivity contribution in [2.45, 2.75) is 26.3 Å². The maximum atomic E-state index is 5.29. The van der Waals surface area contributed by atoms with Crippen molar-refractivity contribution in [1.29, 1.82) is 0 Å². The molecule has 1 heterocycles. The Morgan fingerprint density at radius 2 is 2.10 bits per heavy atom. The van der Waals surface area contributed by atoms with Gasteiger partial charge in [0.25, 0.3) is 0 Å². The van der Waals surface area contributed by atoms with E-state index in [1.165, 1.54) is 11.1 Å². The number of nitrogens with one attached hydrogen (secondary N) is 1. The van der Waals surface area contributed by atoms with Crippen LogP contribution in [0.5, 0.6) is 5.75 Å². The standard InChI is InChI=1S/C17H22N2O/c1-4-18-17(15-8-9-19-13(2)10-15)12-14-6-5-7-16(11-14)20-3/h5-11,17-18H,4,12H2,1-3H3. The molecule has 0 fully saturated rings. The number of aromatic nitrogens is 1. The molecule has 2 rings (SSSR count). The molecule has 1 unspecified atom stereocenters. The zero-order valence-electron chi connectivity index (χ0n) is 12.4. The van der Waals surface area contributed by atoms with Crippen LogP contribution in [0.3, 0.4) is 0 Å². The van der Waals surface area contributed by atoms with Crippen LogP contribution in [-0.2, 0) is 6.42 Å². The van der Waals surface area contributed by atoms with E-state index in [-0.39, 0.29) is 0 Å². The Labute approximate surface area is 121 Å². The van der Waals surface area contributed by atoms with Crippen molar-refractivity contribution in [2.75, 3.05) is 13.7 Å². The molecule has 0 amide bonds. The van der Waals surface area contributed by atoms with E-state index < -0.39 is 0 Å². The predicted octanol–water partition coefficient (Wildman–Crippen LogP) is 3.29. The van der Waals surface area contributed by atoms with Crippen LogP contribution in [0, 0.1) is 6.92 Å². The molecule has 2 aromatic rings. The van der Waals surface area contributed by atoms with Crippen LogP contribution in [0.15, 0.2) is 42.6 Å². The normalized spacial score (nSPS) is 12.2. The quantitative estimate of drug-likeness (QED) is 0.874. The SMILES string of the molecule is CCNC(Cc1cccc(OC)c1)c1ccnc(C)c1. The molecule has 0 saturated carbocycles. The van der Waals surface area contributed by atoms with Gasteiger partial charge in [0, 0.05) is 17.9 Å². The summed E-state index contributed by atoms with van der Waals surface area (Å²) in [5.74, 6) is 0.906. The van der Waals surface area contributed by atoms with E-state index in [0.717, 1.165) is 24.4 Å². The van der Waals surface area contributed by atoms with Crippen LogP contribution in [0.2, 0.25) is 0 Å². The van der Waals surface area contributed by atoms with Gasteiger partial charge in [0.05, 0.1) is 7.11 Å². The van der Waals surface area contributed by atoms with Gasteiger partial charge in [-0.3, -0.25) is 4.98 Å². The smallest absolute Gasteiger partial charge is 0.119 e. The highest BCUT2D eigenvalue weighted by molar-refractivity contribution is 5.30. The highest BCUT2D eigenvalue weighted by Crippen LogP contribution is 2.21. The number of benzene rings is 1. The van der Waals surface area contributed by atoms with Crippen molar-refractivity contribution in [3.63, 3.8) is 0 Å². The number of methoxy groups -OCH3 is 1. The predicted molar refractivity (Wildman–Crippen MR) is 82.1 cm³/mol. The van der Waals surface area contributed by atoms with Gasteiger partial charge in [-0.1, -0.05) is 19.1 Å². The van der Waals surface area contributed by atoms with Gasteiger partial charge in [-0.25, -0.2) is 0 Å². The van der Waals surface area contributed by atoms with Gasteiger partial charge in [0.2, 0.25) is 0 Å². The molecule has 0 aliphatic rings. The van der Waals surface area contributed by atoms with E-state index in [1.807, 2.05) is 25.3 Å². The number of ether oxygens (including phenoxy) is 1. The lowest BCUT2D eigenvalue weighted by Crippen LogP contribution is -2.23. The van der Waals surface area contributed by atoms with Crippen molar-refractivity contribution >= 4 is 0 Å². The summed E-state index contributed by atoms with van der Waals surface area (Å²) in [6.45, 7) is 5.10. The molecule has 3 heteroatoms. The summed E-state index contributed by atoms with van der Waals surface area (Å²) in [5.41, 5.74) is 3.60. The Bertz CT molecular complexity index is 554. The monoisotopic (exact) mass is 270 g/mol. The molecule has 3 nitrogen and oxygen atoms in total. The van der Waals surface area contributed by atoms with Gasteiger partial charge in [0.15, 0.2) is 0 Å². The van der Waals surface area contributed by atoms with Gasteiger partial charge in [-0.05, 0) is 55.3 Å². The summed E-state index contributed by atoms with van der Waals surface area (Å²) in [7, 11) is 1.70. The van der Waals surface area contributed by atoms with Crippen molar-refractivity contribution in [1.82, 2.24) is 10.3 Å². The summed E-state index contributed by atoms with van der Waals surface area (Å²) >= 11 is 0. The van der Waals surface area contributed by atoms with Crippen molar-refractivity contribution in [3.8, 4) is 5.75 Å². The third-order valence-electron chi connectivity index (χ3n) is 3.35. The average Bonchev–Trinajstić information content (AvgIpc) is 2.47. The summed E-state index contributed by atoms with van der Waals surface area (Å²) in [4.78, 5) is 4.27. The molecule has 1 N–H and O–H groups in total. The zero-order chi connectivity index (χ0) is 14.4. The van der Waals surface area contributed by atoms with E-state index in [4.69, 9.17) is 4.74 Å². The second kappa shape index (κ2) is 7.06. The number of aryl methyl sites for hydroxylation is 1. The van der Waals surface area contributed by atoms with E-state index in [1.54, 1.807) is 7.11 Å². The first-order valence-corrected chi connectivity index (χ1v) is 7.01. The zero-order valence-corrected chi connectivity index (χ0v) is 12.4. The van der Waals surface area contributed by atoms with Gasteiger partial charge in [0.1, 0.15) is 5.75 Å². The fourth-order valence-corrected chi connectivity index (χ4v) is 2.37. The van der Waals surface area contributed by atoms with Crippen LogP contribution in [0.25, 0.3) is 0 Å². The average molecular weight is 270 g/mol. The Morgan fingerprint density at radius 3 is 2.80 bits per heavy atom. The van der Waals surface area contributed by atoms with Gasteiger partial charge in [-0.2, -0.15) is 0 Å². The lowest BCUT2D eigenvalue weighted by Gasteiger charge is -2.19. The number of likely N-dealkylation sites (N-methyl/N-ethyl adjacent to an activating group) is 1. The first-order chi connectivity index (χ1) is 9.72. The number of rotatable bonds is 6. The molecular formula is C17H22N2O. The number of nitrogens with zero attached hydrogens (tertiary/aromatic N) is 1. The van der Waals surface area contributed by atoms with Crippen LogP contribution >= 0.6 is 0 Å². The van der Waals surface area contributed by atoms with Crippen molar-refractivity contribution in [2.24, 2.45) is 0 Å². The molecule has 0 bridgehead atoms. The molecule has 1 atom stereocenters. The molecule has 0 aliphatic heterocycles. The molecule has 1 aromatic heterocycles. The fourth-order valence-electron chi connectivity index (χ4n) is 2.37. The number of hydrogen-bond acceptors (Lipinski definition) is 3. The maximum absolute atomic E-state index is 5.29. The van der Waals surface area contributed by atoms with Crippen LogP contribution in [0.1, 0.15) is 29.8 Å². The van der Waals surface area contributed by atoms with Crippen LogP contribution in [0.4, 0.5) is 0 Å². The van der Waals surface area contributed by atoms with E-state index in [2.05, 4.69) is 41.5 Å². The topological polar surface area (TPSA) is 34.1 Å². The molecule has 0 radical (unpaired) electrons. The lowest BCUT2D eigenvalue weighted by atomic mass is 9.99. The number of hydrogen-bond donors (Lipinski definition) is 1. The summed E-state index contributed by atoms with van der Waals surface area (Å²) in [5, 5.41) is 3.54. The first-order valence-electron chi connectivity index (χ1n) is 7.01. The van der Waals surface area contributed by atoms with E-state index in [9.17, 15) is 0 Å². The highest BCUT2D eigenvalue weighted by atomic mass is 16.5. The van der Waals surface area contributed by atoms with Gasteiger partial charge < -0.3 is 10.1 Å². The van der Waals surface area contributed by atoms with Crippen LogP contribution in [-0.4, -0.2) is 18.6 Å². The summed E-state index contributed by atoms with van der Waals surface area (Å²) in [6, 6.07) is 12.8. The second-order valence-electron chi connectivity index (χ2n) is 4.90. The Morgan fingerprint density at radius 1 is 1.25 bits per heavy atom. The molecule has 106 valence electrons. The van der Waals surface area contributed by atoms with E-state index >= 15 is 0 Å². The first kappa shape index (κ1) is 14.5. The minimum Gasteiger partial charge on any atom is -0.497 e. The second-order valence-corrected chi connectivity index (χ2v) is 4.90. The third-order valence-corrected chi connectivity index (χ3v) is 3.35. The third kappa shape index (κ3) is 3.81. The summed E-state index contributed by atoms with van der Waals surface area (Å²) < 4.78 is 5.29. The molecule has 20 heavy (non-hydrogen) atoms.